The fourth-order valence-corrected chi connectivity index (χ4v) is 3.73. The number of carbonyl (C=O) groups is 1. The molecule has 1 aromatic carbocycles. The van der Waals surface area contributed by atoms with E-state index in [1.807, 2.05) is 23.1 Å². The molecular weight excluding hydrogens is 262 g/mol. The lowest BCUT2D eigenvalue weighted by atomic mass is 9.95. The zero-order valence-corrected chi connectivity index (χ0v) is 12.5. The molecule has 4 heteroatoms. The number of anilines is 1. The summed E-state index contributed by atoms with van der Waals surface area (Å²) in [6, 6.07) is 10.6. The Morgan fingerprint density at radius 1 is 1.24 bits per heavy atom. The Morgan fingerprint density at radius 3 is 2.81 bits per heavy atom. The molecule has 1 amide bonds. The van der Waals surface area contributed by atoms with Gasteiger partial charge in [-0.1, -0.05) is 24.6 Å². The van der Waals surface area contributed by atoms with Gasteiger partial charge in [-0.05, 0) is 43.9 Å². The molecule has 1 aliphatic carbocycles. The van der Waals surface area contributed by atoms with Crippen LogP contribution in [0.2, 0.25) is 0 Å². The molecule has 1 saturated heterocycles. The highest BCUT2D eigenvalue weighted by molar-refractivity contribution is 5.80. The molecule has 1 aromatic rings. The highest BCUT2D eigenvalue weighted by Crippen LogP contribution is 2.33. The monoisotopic (exact) mass is 287 g/mol. The number of hydrogen-bond acceptors (Lipinski definition) is 3. The number of nitrogens with zero attached hydrogens (tertiary/aromatic N) is 1. The minimum absolute atomic E-state index is 0.172. The molecule has 0 spiro atoms. The van der Waals surface area contributed by atoms with E-state index in [9.17, 15) is 4.79 Å². The fourth-order valence-electron chi connectivity index (χ4n) is 3.73. The maximum absolute atomic E-state index is 12.7. The van der Waals surface area contributed by atoms with Crippen LogP contribution in [-0.2, 0) is 4.79 Å². The van der Waals surface area contributed by atoms with Crippen molar-refractivity contribution in [3.63, 3.8) is 0 Å². The summed E-state index contributed by atoms with van der Waals surface area (Å²) in [6.45, 7) is 2.34. The van der Waals surface area contributed by atoms with Crippen LogP contribution in [0.15, 0.2) is 30.3 Å². The zero-order valence-electron chi connectivity index (χ0n) is 12.5. The predicted octanol–water partition coefficient (Wildman–Crippen LogP) is 2.07. The SMILES string of the molecule is NC[C@H]1CCC[C@H]1C(=O)N1CCC(Nc2ccccc2)C1. The van der Waals surface area contributed by atoms with E-state index in [0.29, 0.717) is 24.4 Å². The summed E-state index contributed by atoms with van der Waals surface area (Å²) < 4.78 is 0. The number of hydrogen-bond donors (Lipinski definition) is 2. The van der Waals surface area contributed by atoms with Crippen LogP contribution < -0.4 is 11.1 Å². The molecule has 1 aliphatic heterocycles. The van der Waals surface area contributed by atoms with Crippen molar-refractivity contribution in [3.8, 4) is 0 Å². The number of para-hydroxylation sites is 1. The number of nitrogens with one attached hydrogen (secondary N) is 1. The average Bonchev–Trinajstić information content (AvgIpc) is 3.16. The van der Waals surface area contributed by atoms with Gasteiger partial charge in [0.1, 0.15) is 0 Å². The van der Waals surface area contributed by atoms with E-state index < -0.39 is 0 Å². The van der Waals surface area contributed by atoms with Crippen molar-refractivity contribution < 1.29 is 4.79 Å². The van der Waals surface area contributed by atoms with Gasteiger partial charge in [0.25, 0.3) is 0 Å². The van der Waals surface area contributed by atoms with E-state index in [2.05, 4.69) is 17.4 Å². The number of carbonyl (C=O) groups excluding carboxylic acids is 1. The molecule has 3 rings (SSSR count). The van der Waals surface area contributed by atoms with Gasteiger partial charge in [-0.2, -0.15) is 0 Å². The minimum atomic E-state index is 0.172. The molecule has 21 heavy (non-hydrogen) atoms. The molecule has 114 valence electrons. The molecule has 3 atom stereocenters. The van der Waals surface area contributed by atoms with Crippen molar-refractivity contribution in [1.82, 2.24) is 4.90 Å². The van der Waals surface area contributed by atoms with Crippen molar-refractivity contribution >= 4 is 11.6 Å². The largest absolute Gasteiger partial charge is 0.380 e. The highest BCUT2D eigenvalue weighted by atomic mass is 16.2. The van der Waals surface area contributed by atoms with Gasteiger partial charge in [0.2, 0.25) is 5.91 Å². The smallest absolute Gasteiger partial charge is 0.226 e. The summed E-state index contributed by atoms with van der Waals surface area (Å²) in [5.74, 6) is 0.907. The van der Waals surface area contributed by atoms with Crippen molar-refractivity contribution in [2.75, 3.05) is 25.0 Å². The summed E-state index contributed by atoms with van der Waals surface area (Å²) >= 11 is 0. The quantitative estimate of drug-likeness (QED) is 0.891. The van der Waals surface area contributed by atoms with Crippen LogP contribution in [0.5, 0.6) is 0 Å². The molecule has 0 bridgehead atoms. The lowest BCUT2D eigenvalue weighted by Gasteiger charge is -2.24. The maximum atomic E-state index is 12.7. The van der Waals surface area contributed by atoms with Gasteiger partial charge in [0.05, 0.1) is 0 Å². The Hall–Kier alpha value is -1.55. The molecule has 0 radical (unpaired) electrons. The third-order valence-electron chi connectivity index (χ3n) is 4.92. The molecule has 2 aliphatic rings. The Balaban J connectivity index is 1.55. The zero-order chi connectivity index (χ0) is 14.7. The summed E-state index contributed by atoms with van der Waals surface area (Å²) in [4.78, 5) is 14.7. The third-order valence-corrected chi connectivity index (χ3v) is 4.92. The van der Waals surface area contributed by atoms with Gasteiger partial charge in [0, 0.05) is 30.7 Å². The number of rotatable bonds is 4. The third kappa shape index (κ3) is 3.21. The Kier molecular flexibility index (Phi) is 4.44. The molecule has 1 unspecified atom stereocenters. The molecule has 4 nitrogen and oxygen atoms in total. The van der Waals surface area contributed by atoms with E-state index in [4.69, 9.17) is 5.73 Å². The molecule has 1 saturated carbocycles. The number of nitrogens with two attached hydrogens (primary N) is 1. The second-order valence-electron chi connectivity index (χ2n) is 6.31. The lowest BCUT2D eigenvalue weighted by molar-refractivity contribution is -0.135. The molecular formula is C17H25N3O. The first-order valence-corrected chi connectivity index (χ1v) is 8.08. The Bertz CT molecular complexity index is 476. The molecule has 3 N–H and O–H groups in total. The minimum Gasteiger partial charge on any atom is -0.380 e. The maximum Gasteiger partial charge on any atom is 0.226 e. The Morgan fingerprint density at radius 2 is 2.05 bits per heavy atom. The van der Waals surface area contributed by atoms with Gasteiger partial charge in [-0.3, -0.25) is 4.79 Å². The van der Waals surface area contributed by atoms with Crippen LogP contribution in [-0.4, -0.2) is 36.5 Å². The molecule has 1 heterocycles. The summed E-state index contributed by atoms with van der Waals surface area (Å²) in [5, 5.41) is 3.52. The van der Waals surface area contributed by atoms with E-state index >= 15 is 0 Å². The first kappa shape index (κ1) is 14.4. The molecule has 0 aromatic heterocycles. The van der Waals surface area contributed by atoms with Gasteiger partial charge < -0.3 is 16.0 Å². The van der Waals surface area contributed by atoms with E-state index in [1.54, 1.807) is 0 Å². The van der Waals surface area contributed by atoms with Crippen LogP contribution in [0.25, 0.3) is 0 Å². The van der Waals surface area contributed by atoms with Crippen LogP contribution in [0, 0.1) is 11.8 Å². The van der Waals surface area contributed by atoms with Crippen LogP contribution in [0.3, 0.4) is 0 Å². The predicted molar refractivity (Wildman–Crippen MR) is 84.9 cm³/mol. The van der Waals surface area contributed by atoms with Gasteiger partial charge in [-0.25, -0.2) is 0 Å². The van der Waals surface area contributed by atoms with E-state index in [-0.39, 0.29) is 5.92 Å². The summed E-state index contributed by atoms with van der Waals surface area (Å²) in [5.41, 5.74) is 6.94. The van der Waals surface area contributed by atoms with Crippen molar-refractivity contribution in [2.24, 2.45) is 17.6 Å². The van der Waals surface area contributed by atoms with Gasteiger partial charge >= 0.3 is 0 Å². The lowest BCUT2D eigenvalue weighted by Crippen LogP contribution is -2.38. The van der Waals surface area contributed by atoms with Gasteiger partial charge in [-0.15, -0.1) is 0 Å². The van der Waals surface area contributed by atoms with E-state index in [0.717, 1.165) is 44.5 Å². The highest BCUT2D eigenvalue weighted by Gasteiger charge is 2.37. The van der Waals surface area contributed by atoms with Crippen LogP contribution in [0.4, 0.5) is 5.69 Å². The fraction of sp³-hybridized carbons (Fsp3) is 0.588. The summed E-state index contributed by atoms with van der Waals surface area (Å²) in [6.07, 6.45) is 4.32. The van der Waals surface area contributed by atoms with Crippen LogP contribution in [0.1, 0.15) is 25.7 Å². The van der Waals surface area contributed by atoms with Crippen molar-refractivity contribution in [3.05, 3.63) is 30.3 Å². The first-order valence-electron chi connectivity index (χ1n) is 8.08. The topological polar surface area (TPSA) is 58.4 Å². The van der Waals surface area contributed by atoms with Gasteiger partial charge in [0.15, 0.2) is 0 Å². The normalized spacial score (nSPS) is 28.8. The van der Waals surface area contributed by atoms with E-state index in [1.165, 1.54) is 0 Å². The summed E-state index contributed by atoms with van der Waals surface area (Å²) in [7, 11) is 0. The Labute approximate surface area is 126 Å². The van der Waals surface area contributed by atoms with Crippen molar-refractivity contribution in [1.29, 1.82) is 0 Å². The number of likely N-dealkylation sites (tertiary alicyclic amines) is 1. The first-order chi connectivity index (χ1) is 10.3. The van der Waals surface area contributed by atoms with Crippen LogP contribution >= 0.6 is 0 Å². The number of benzene rings is 1. The second-order valence-corrected chi connectivity index (χ2v) is 6.31. The molecule has 2 fully saturated rings. The number of amides is 1. The standard InChI is InChI=1S/C17H25N3O/c18-11-13-5-4-8-16(13)17(21)20-10-9-15(12-20)19-14-6-2-1-3-7-14/h1-3,6-7,13,15-16,19H,4-5,8-12,18H2/t13-,15?,16-/m1/s1. The average molecular weight is 287 g/mol. The second kappa shape index (κ2) is 6.48. The van der Waals surface area contributed by atoms with Crippen molar-refractivity contribution in [2.45, 2.75) is 31.7 Å².